The number of rotatable bonds is 3. The molecule has 1 rings (SSSR count). The van der Waals surface area contributed by atoms with Gasteiger partial charge in [0.05, 0.1) is 13.0 Å². The van der Waals surface area contributed by atoms with Crippen molar-refractivity contribution >= 4 is 24.0 Å². The van der Waals surface area contributed by atoms with E-state index in [4.69, 9.17) is 5.73 Å². The molecule has 3 nitrogen and oxygen atoms in total. The molecule has 0 unspecified atom stereocenters. The van der Waals surface area contributed by atoms with Crippen molar-refractivity contribution < 1.29 is 18.0 Å². The molecule has 17 heavy (non-hydrogen) atoms. The monoisotopic (exact) mass is 268 g/mol. The van der Waals surface area contributed by atoms with Crippen LogP contribution in [0.4, 0.5) is 18.9 Å². The Morgan fingerprint density at radius 2 is 2.00 bits per heavy atom. The lowest BCUT2D eigenvalue weighted by Gasteiger charge is -2.08. The molecule has 0 fully saturated rings. The van der Waals surface area contributed by atoms with E-state index < -0.39 is 18.5 Å². The number of hydrogen-bond donors (Lipinski definition) is 2. The molecule has 7 heteroatoms. The summed E-state index contributed by atoms with van der Waals surface area (Å²) in [6, 6.07) is 5.59. The smallest absolute Gasteiger partial charge is 0.325 e. The Balaban J connectivity index is 0.00000256. The summed E-state index contributed by atoms with van der Waals surface area (Å²) < 4.78 is 36.3. The van der Waals surface area contributed by atoms with Crippen LogP contribution >= 0.6 is 12.4 Å². The lowest BCUT2D eigenvalue weighted by atomic mass is 10.1. The standard InChI is InChI=1S/C10H11F3N2O.ClH/c11-10(12,13)5-7-2-1-3-8(4-7)15-9(16)6-14;/h1-4H,5-6,14H2,(H,15,16);1H. The van der Waals surface area contributed by atoms with Crippen LogP contribution in [0.3, 0.4) is 0 Å². The van der Waals surface area contributed by atoms with Crippen molar-refractivity contribution in [3.05, 3.63) is 29.8 Å². The van der Waals surface area contributed by atoms with Gasteiger partial charge in [0.2, 0.25) is 5.91 Å². The fraction of sp³-hybridized carbons (Fsp3) is 0.300. The lowest BCUT2D eigenvalue weighted by molar-refractivity contribution is -0.127. The van der Waals surface area contributed by atoms with Gasteiger partial charge in [0.25, 0.3) is 0 Å². The van der Waals surface area contributed by atoms with Crippen LogP contribution in [0, 0.1) is 0 Å². The summed E-state index contributed by atoms with van der Waals surface area (Å²) in [6.45, 7) is -0.205. The molecule has 0 aliphatic rings. The van der Waals surface area contributed by atoms with Gasteiger partial charge in [0.1, 0.15) is 0 Å². The van der Waals surface area contributed by atoms with Gasteiger partial charge in [-0.05, 0) is 17.7 Å². The molecule has 1 amide bonds. The minimum absolute atomic E-state index is 0. The Bertz CT molecular complexity index is 382. The summed E-state index contributed by atoms with van der Waals surface area (Å²) in [5.74, 6) is -0.441. The number of nitrogens with two attached hydrogens (primary N) is 1. The fourth-order valence-electron chi connectivity index (χ4n) is 1.20. The highest BCUT2D eigenvalue weighted by Crippen LogP contribution is 2.22. The third-order valence-corrected chi connectivity index (χ3v) is 1.80. The fourth-order valence-corrected chi connectivity index (χ4v) is 1.20. The second-order valence-corrected chi connectivity index (χ2v) is 3.24. The molecule has 0 saturated carbocycles. The van der Waals surface area contributed by atoms with E-state index >= 15 is 0 Å². The largest absolute Gasteiger partial charge is 0.393 e. The Morgan fingerprint density at radius 1 is 1.35 bits per heavy atom. The maximum atomic E-state index is 12.1. The van der Waals surface area contributed by atoms with Gasteiger partial charge < -0.3 is 11.1 Å². The second kappa shape index (κ2) is 6.46. The van der Waals surface area contributed by atoms with E-state index in [0.717, 1.165) is 0 Å². The van der Waals surface area contributed by atoms with Crippen molar-refractivity contribution in [2.24, 2.45) is 5.73 Å². The van der Waals surface area contributed by atoms with Crippen molar-refractivity contribution in [2.45, 2.75) is 12.6 Å². The molecule has 1 aromatic rings. The average Bonchev–Trinajstić information content (AvgIpc) is 2.15. The molecule has 0 saturated heterocycles. The molecular weight excluding hydrogens is 257 g/mol. The SMILES string of the molecule is Cl.NCC(=O)Nc1cccc(CC(F)(F)F)c1. The molecule has 0 aliphatic carbocycles. The second-order valence-electron chi connectivity index (χ2n) is 3.24. The van der Waals surface area contributed by atoms with Crippen LogP contribution in [0.15, 0.2) is 24.3 Å². The molecule has 1 aromatic carbocycles. The normalized spacial score (nSPS) is 10.6. The third-order valence-electron chi connectivity index (χ3n) is 1.80. The molecular formula is C10H12ClF3N2O. The number of hydrogen-bond acceptors (Lipinski definition) is 2. The average molecular weight is 269 g/mol. The van der Waals surface area contributed by atoms with E-state index in [-0.39, 0.29) is 24.5 Å². The molecule has 0 spiro atoms. The Labute approximate surface area is 103 Å². The number of nitrogens with one attached hydrogen (secondary N) is 1. The highest BCUT2D eigenvalue weighted by Gasteiger charge is 2.27. The van der Waals surface area contributed by atoms with Gasteiger partial charge in [0.15, 0.2) is 0 Å². The van der Waals surface area contributed by atoms with Crippen molar-refractivity contribution in [1.82, 2.24) is 0 Å². The van der Waals surface area contributed by atoms with Crippen LogP contribution in [0.25, 0.3) is 0 Å². The van der Waals surface area contributed by atoms with Gasteiger partial charge in [-0.1, -0.05) is 12.1 Å². The molecule has 0 heterocycles. The van der Waals surface area contributed by atoms with Crippen LogP contribution in [-0.2, 0) is 11.2 Å². The first-order valence-corrected chi connectivity index (χ1v) is 4.56. The maximum absolute atomic E-state index is 12.1. The first-order valence-electron chi connectivity index (χ1n) is 4.56. The number of anilines is 1. The number of alkyl halides is 3. The Kier molecular flexibility index (Phi) is 5.98. The van der Waals surface area contributed by atoms with Gasteiger partial charge in [-0.3, -0.25) is 4.79 Å². The lowest BCUT2D eigenvalue weighted by Crippen LogP contribution is -2.22. The Hall–Kier alpha value is -1.27. The zero-order chi connectivity index (χ0) is 12.2. The quantitative estimate of drug-likeness (QED) is 0.882. The van der Waals surface area contributed by atoms with Gasteiger partial charge in [0, 0.05) is 5.69 Å². The first kappa shape index (κ1) is 15.7. The topological polar surface area (TPSA) is 55.1 Å². The highest BCUT2D eigenvalue weighted by molar-refractivity contribution is 5.92. The maximum Gasteiger partial charge on any atom is 0.393 e. The summed E-state index contributed by atoms with van der Waals surface area (Å²) in [6.07, 6.45) is -5.27. The molecule has 3 N–H and O–H groups in total. The van der Waals surface area contributed by atoms with E-state index in [1.54, 1.807) is 0 Å². The van der Waals surface area contributed by atoms with Crippen LogP contribution in [-0.4, -0.2) is 18.6 Å². The predicted molar refractivity (Wildman–Crippen MR) is 61.1 cm³/mol. The summed E-state index contributed by atoms with van der Waals surface area (Å²) in [5.41, 5.74) is 5.48. The van der Waals surface area contributed by atoms with Crippen molar-refractivity contribution in [2.75, 3.05) is 11.9 Å². The van der Waals surface area contributed by atoms with Gasteiger partial charge in [-0.15, -0.1) is 12.4 Å². The zero-order valence-electron chi connectivity index (χ0n) is 8.75. The van der Waals surface area contributed by atoms with Gasteiger partial charge in [-0.2, -0.15) is 13.2 Å². The van der Waals surface area contributed by atoms with Crippen molar-refractivity contribution in [3.63, 3.8) is 0 Å². The van der Waals surface area contributed by atoms with Crippen molar-refractivity contribution in [1.29, 1.82) is 0 Å². The number of carbonyl (C=O) groups is 1. The molecule has 96 valence electrons. The van der Waals surface area contributed by atoms with Crippen LogP contribution < -0.4 is 11.1 Å². The summed E-state index contributed by atoms with van der Waals surface area (Å²) >= 11 is 0. The van der Waals surface area contributed by atoms with Crippen LogP contribution in [0.5, 0.6) is 0 Å². The van der Waals surface area contributed by atoms with Crippen LogP contribution in [0.1, 0.15) is 5.56 Å². The molecule has 0 aromatic heterocycles. The van der Waals surface area contributed by atoms with E-state index in [0.29, 0.717) is 5.69 Å². The predicted octanol–water partition coefficient (Wildman–Crippen LogP) is 2.11. The number of carbonyl (C=O) groups excluding carboxylic acids is 1. The van der Waals surface area contributed by atoms with Gasteiger partial charge in [-0.25, -0.2) is 0 Å². The zero-order valence-corrected chi connectivity index (χ0v) is 9.57. The first-order chi connectivity index (χ1) is 7.40. The molecule has 0 bridgehead atoms. The Morgan fingerprint density at radius 3 is 2.53 bits per heavy atom. The number of amides is 1. The summed E-state index contributed by atoms with van der Waals surface area (Å²) in [5, 5.41) is 2.39. The van der Waals surface area contributed by atoms with Gasteiger partial charge >= 0.3 is 6.18 Å². The van der Waals surface area contributed by atoms with E-state index in [1.165, 1.54) is 24.3 Å². The van der Waals surface area contributed by atoms with E-state index in [1.807, 2.05) is 0 Å². The minimum atomic E-state index is -4.25. The molecule has 0 atom stereocenters. The minimum Gasteiger partial charge on any atom is -0.325 e. The summed E-state index contributed by atoms with van der Waals surface area (Å²) in [4.78, 5) is 10.9. The molecule has 0 radical (unpaired) electrons. The van der Waals surface area contributed by atoms with Crippen molar-refractivity contribution in [3.8, 4) is 0 Å². The van der Waals surface area contributed by atoms with Crippen LogP contribution in [0.2, 0.25) is 0 Å². The third kappa shape index (κ3) is 6.13. The van der Waals surface area contributed by atoms with E-state index in [2.05, 4.69) is 5.32 Å². The number of halogens is 4. The summed E-state index contributed by atoms with van der Waals surface area (Å²) in [7, 11) is 0. The highest BCUT2D eigenvalue weighted by atomic mass is 35.5. The number of benzene rings is 1. The molecule has 0 aliphatic heterocycles. The van der Waals surface area contributed by atoms with E-state index in [9.17, 15) is 18.0 Å².